The van der Waals surface area contributed by atoms with Gasteiger partial charge in [-0.3, -0.25) is 0 Å². The van der Waals surface area contributed by atoms with Gasteiger partial charge in [-0.2, -0.15) is 13.2 Å². The van der Waals surface area contributed by atoms with Crippen LogP contribution in [-0.2, 0) is 22.6 Å². The molecule has 0 N–H and O–H groups in total. The summed E-state index contributed by atoms with van der Waals surface area (Å²) in [5, 5.41) is 0. The van der Waals surface area contributed by atoms with Crippen LogP contribution in [0.4, 0.5) is 19.0 Å². The number of anilines is 1. The molecule has 8 heteroatoms. The second-order valence-electron chi connectivity index (χ2n) is 5.15. The van der Waals surface area contributed by atoms with E-state index in [-0.39, 0.29) is 17.3 Å². The Hall–Kier alpha value is -2.09. The van der Waals surface area contributed by atoms with E-state index in [4.69, 9.17) is 0 Å². The van der Waals surface area contributed by atoms with Crippen LogP contribution in [0, 0.1) is 0 Å². The Kier molecular flexibility index (Phi) is 4.65. The molecule has 1 aromatic heterocycles. The van der Waals surface area contributed by atoms with Crippen LogP contribution in [0.3, 0.4) is 0 Å². The van der Waals surface area contributed by atoms with Crippen molar-refractivity contribution in [3.8, 4) is 0 Å². The summed E-state index contributed by atoms with van der Waals surface area (Å²) >= 11 is 0. The van der Waals surface area contributed by atoms with Crippen LogP contribution in [0.2, 0.25) is 0 Å². The second kappa shape index (κ2) is 6.19. The number of nitrogens with zero attached hydrogens (tertiary/aromatic N) is 2. The third-order valence-electron chi connectivity index (χ3n) is 3.19. The minimum Gasteiger partial charge on any atom is -0.354 e. The Morgan fingerprint density at radius 1 is 1.17 bits per heavy atom. The normalized spacial score (nSPS) is 12.2. The molecule has 2 rings (SSSR count). The van der Waals surface area contributed by atoms with Crippen LogP contribution in [-0.4, -0.2) is 26.7 Å². The van der Waals surface area contributed by atoms with Crippen molar-refractivity contribution in [2.75, 3.05) is 18.2 Å². The van der Waals surface area contributed by atoms with E-state index in [1.54, 1.807) is 13.1 Å². The number of aromatic nitrogens is 1. The molecule has 0 fully saturated rings. The van der Waals surface area contributed by atoms with Gasteiger partial charge in [0.2, 0.25) is 0 Å². The summed E-state index contributed by atoms with van der Waals surface area (Å²) < 4.78 is 61.8. The lowest BCUT2D eigenvalue weighted by Crippen LogP contribution is -2.20. The average molecular weight is 344 g/mol. The number of sulfone groups is 1. The van der Waals surface area contributed by atoms with E-state index in [1.807, 2.05) is 0 Å². The summed E-state index contributed by atoms with van der Waals surface area (Å²) in [6.07, 6.45) is -1.92. The van der Waals surface area contributed by atoms with Crippen molar-refractivity contribution >= 4 is 15.7 Å². The zero-order chi connectivity index (χ0) is 17.3. The Bertz CT molecular complexity index is 804. The van der Waals surface area contributed by atoms with Crippen molar-refractivity contribution in [2.45, 2.75) is 17.6 Å². The fourth-order valence-corrected chi connectivity index (χ4v) is 3.02. The molecule has 0 aliphatic heterocycles. The van der Waals surface area contributed by atoms with Crippen molar-refractivity contribution < 1.29 is 21.6 Å². The predicted octanol–water partition coefficient (Wildman–Crippen LogP) is 3.14. The highest BCUT2D eigenvalue weighted by molar-refractivity contribution is 7.90. The summed E-state index contributed by atoms with van der Waals surface area (Å²) in [7, 11) is -1.91. The Labute approximate surface area is 132 Å². The van der Waals surface area contributed by atoms with Gasteiger partial charge in [0.15, 0.2) is 9.84 Å². The van der Waals surface area contributed by atoms with E-state index in [9.17, 15) is 21.6 Å². The molecular weight excluding hydrogens is 329 g/mol. The smallest absolute Gasteiger partial charge is 0.354 e. The topological polar surface area (TPSA) is 50.3 Å². The van der Waals surface area contributed by atoms with Crippen LogP contribution in [0.25, 0.3) is 0 Å². The maximum absolute atomic E-state index is 12.7. The molecule has 0 spiro atoms. The van der Waals surface area contributed by atoms with E-state index in [1.165, 1.54) is 29.3 Å². The van der Waals surface area contributed by atoms with E-state index in [2.05, 4.69) is 4.98 Å². The van der Waals surface area contributed by atoms with Crippen molar-refractivity contribution in [1.29, 1.82) is 0 Å². The third kappa shape index (κ3) is 4.22. The van der Waals surface area contributed by atoms with Gasteiger partial charge in [0.25, 0.3) is 0 Å². The molecule has 4 nitrogen and oxygen atoms in total. The van der Waals surface area contributed by atoms with E-state index >= 15 is 0 Å². The van der Waals surface area contributed by atoms with Gasteiger partial charge in [0, 0.05) is 26.0 Å². The lowest BCUT2D eigenvalue weighted by Gasteiger charge is -2.21. The van der Waals surface area contributed by atoms with Crippen molar-refractivity contribution in [3.63, 3.8) is 0 Å². The summed E-state index contributed by atoms with van der Waals surface area (Å²) in [5.74, 6) is 0.201. The van der Waals surface area contributed by atoms with Crippen molar-refractivity contribution in [1.82, 2.24) is 4.98 Å². The summed E-state index contributed by atoms with van der Waals surface area (Å²) in [6.45, 7) is 0.101. The summed E-state index contributed by atoms with van der Waals surface area (Å²) in [6, 6.07) is 7.82. The Balaban J connectivity index is 2.32. The molecule has 0 saturated carbocycles. The van der Waals surface area contributed by atoms with Gasteiger partial charge in [0.05, 0.1) is 5.56 Å². The number of pyridine rings is 1. The van der Waals surface area contributed by atoms with Crippen molar-refractivity contribution in [3.05, 3.63) is 53.7 Å². The van der Waals surface area contributed by atoms with E-state index in [0.717, 1.165) is 18.4 Å². The van der Waals surface area contributed by atoms with Crippen LogP contribution < -0.4 is 4.90 Å². The summed E-state index contributed by atoms with van der Waals surface area (Å²) in [4.78, 5) is 5.58. The largest absolute Gasteiger partial charge is 0.416 e. The standard InChI is InChI=1S/C15H15F3N2O2S/c1-20(14-13(23(2,21)22)7-4-8-19-14)10-11-5-3-6-12(9-11)15(16,17)18/h3-9H,10H2,1-2H3. The number of hydrogen-bond acceptors (Lipinski definition) is 4. The molecule has 0 amide bonds. The minimum absolute atomic E-state index is 0.0366. The van der Waals surface area contributed by atoms with Gasteiger partial charge >= 0.3 is 6.18 Å². The van der Waals surface area contributed by atoms with E-state index in [0.29, 0.717) is 5.56 Å². The maximum Gasteiger partial charge on any atom is 0.416 e. The van der Waals surface area contributed by atoms with Crippen molar-refractivity contribution in [2.24, 2.45) is 0 Å². The molecule has 0 saturated heterocycles. The zero-order valence-electron chi connectivity index (χ0n) is 12.5. The molecule has 0 unspecified atom stereocenters. The van der Waals surface area contributed by atoms with Crippen LogP contribution >= 0.6 is 0 Å². The molecule has 0 atom stereocenters. The lowest BCUT2D eigenvalue weighted by atomic mass is 10.1. The molecule has 1 aromatic carbocycles. The molecule has 0 radical (unpaired) electrons. The number of benzene rings is 1. The molecule has 0 aliphatic rings. The quantitative estimate of drug-likeness (QED) is 0.855. The van der Waals surface area contributed by atoms with Gasteiger partial charge in [-0.05, 0) is 29.8 Å². The fraction of sp³-hybridized carbons (Fsp3) is 0.267. The molecule has 0 aliphatic carbocycles. The Morgan fingerprint density at radius 2 is 1.87 bits per heavy atom. The van der Waals surface area contributed by atoms with Gasteiger partial charge in [-0.25, -0.2) is 13.4 Å². The monoisotopic (exact) mass is 344 g/mol. The minimum atomic E-state index is -4.42. The zero-order valence-corrected chi connectivity index (χ0v) is 13.3. The lowest BCUT2D eigenvalue weighted by molar-refractivity contribution is -0.137. The maximum atomic E-state index is 12.7. The van der Waals surface area contributed by atoms with Gasteiger partial charge in [0.1, 0.15) is 10.7 Å². The molecule has 124 valence electrons. The molecule has 23 heavy (non-hydrogen) atoms. The van der Waals surface area contributed by atoms with Crippen LogP contribution in [0.5, 0.6) is 0 Å². The highest BCUT2D eigenvalue weighted by Crippen LogP contribution is 2.30. The second-order valence-corrected chi connectivity index (χ2v) is 7.14. The first-order valence-electron chi connectivity index (χ1n) is 6.61. The molecular formula is C15H15F3N2O2S. The van der Waals surface area contributed by atoms with Gasteiger partial charge < -0.3 is 4.90 Å². The highest BCUT2D eigenvalue weighted by atomic mass is 32.2. The first kappa shape index (κ1) is 17.3. The Morgan fingerprint density at radius 3 is 2.48 bits per heavy atom. The van der Waals surface area contributed by atoms with E-state index < -0.39 is 21.6 Å². The average Bonchev–Trinajstić information content (AvgIpc) is 2.46. The SMILES string of the molecule is CN(Cc1cccc(C(F)(F)F)c1)c1ncccc1S(C)(=O)=O. The van der Waals surface area contributed by atoms with Gasteiger partial charge in [-0.15, -0.1) is 0 Å². The van der Waals surface area contributed by atoms with Crippen LogP contribution in [0.1, 0.15) is 11.1 Å². The highest BCUT2D eigenvalue weighted by Gasteiger charge is 2.30. The summed E-state index contributed by atoms with van der Waals surface area (Å²) in [5.41, 5.74) is -0.333. The molecule has 2 aromatic rings. The third-order valence-corrected chi connectivity index (χ3v) is 4.30. The molecule has 1 heterocycles. The number of halogens is 3. The number of rotatable bonds is 4. The first-order valence-corrected chi connectivity index (χ1v) is 8.50. The van der Waals surface area contributed by atoms with Gasteiger partial charge in [-0.1, -0.05) is 12.1 Å². The first-order chi connectivity index (χ1) is 10.6. The number of alkyl halides is 3. The number of hydrogen-bond donors (Lipinski definition) is 0. The molecule has 0 bridgehead atoms. The fourth-order valence-electron chi connectivity index (χ4n) is 2.15. The predicted molar refractivity (Wildman–Crippen MR) is 80.9 cm³/mol. The van der Waals surface area contributed by atoms with Crippen LogP contribution in [0.15, 0.2) is 47.5 Å².